The number of hydrogen-bond acceptors (Lipinski definition) is 5. The van der Waals surface area contributed by atoms with Gasteiger partial charge in [0.15, 0.2) is 11.5 Å². The van der Waals surface area contributed by atoms with Crippen molar-refractivity contribution < 1.29 is 14.6 Å². The van der Waals surface area contributed by atoms with Crippen LogP contribution in [0.15, 0.2) is 18.2 Å². The van der Waals surface area contributed by atoms with Crippen molar-refractivity contribution in [3.8, 4) is 17.2 Å². The molecular weight excluding hydrogens is 286 g/mol. The predicted molar refractivity (Wildman–Crippen MR) is 83.3 cm³/mol. The highest BCUT2D eigenvalue weighted by Gasteiger charge is 2.18. The molecule has 2 aromatic rings. The summed E-state index contributed by atoms with van der Waals surface area (Å²) in [4.78, 5) is 2.66. The van der Waals surface area contributed by atoms with Crippen LogP contribution in [0.5, 0.6) is 17.2 Å². The third-order valence-corrected chi connectivity index (χ3v) is 4.70. The Balaban J connectivity index is 1.72. The van der Waals surface area contributed by atoms with Crippen molar-refractivity contribution in [3.63, 3.8) is 0 Å². The Morgan fingerprint density at radius 2 is 1.95 bits per heavy atom. The lowest BCUT2D eigenvalue weighted by molar-refractivity contribution is 0.174. The van der Waals surface area contributed by atoms with E-state index in [2.05, 4.69) is 32.2 Å². The predicted octanol–water partition coefficient (Wildman–Crippen LogP) is 3.65. The van der Waals surface area contributed by atoms with Gasteiger partial charge in [0, 0.05) is 34.0 Å². The Labute approximate surface area is 128 Å². The summed E-state index contributed by atoms with van der Waals surface area (Å²) < 4.78 is 10.6. The molecule has 2 heterocycles. The maximum atomic E-state index is 10.0. The molecule has 3 rings (SSSR count). The lowest BCUT2D eigenvalue weighted by atomic mass is 10.1. The van der Waals surface area contributed by atoms with E-state index in [0.29, 0.717) is 18.0 Å². The minimum absolute atomic E-state index is 0.218. The van der Waals surface area contributed by atoms with E-state index in [0.717, 1.165) is 5.56 Å². The van der Waals surface area contributed by atoms with E-state index in [1.165, 1.54) is 15.3 Å². The maximum absolute atomic E-state index is 10.0. The molecule has 1 aliphatic rings. The van der Waals surface area contributed by atoms with Gasteiger partial charge in [0.2, 0.25) is 6.79 Å². The Hall–Kier alpha value is -1.72. The average Bonchev–Trinajstić information content (AvgIpc) is 3.01. The van der Waals surface area contributed by atoms with Crippen molar-refractivity contribution in [2.75, 3.05) is 6.79 Å². The third-order valence-electron chi connectivity index (χ3n) is 3.72. The first-order valence-corrected chi connectivity index (χ1v) is 7.78. The van der Waals surface area contributed by atoms with E-state index in [-0.39, 0.29) is 18.6 Å². The molecule has 0 bridgehead atoms. The number of hydrogen-bond donors (Lipinski definition) is 2. The summed E-state index contributed by atoms with van der Waals surface area (Å²) in [6.07, 6.45) is 0. The normalized spacial score (nSPS) is 14.4. The van der Waals surface area contributed by atoms with Gasteiger partial charge in [0.05, 0.1) is 0 Å². The van der Waals surface area contributed by atoms with Crippen LogP contribution in [0.1, 0.15) is 33.8 Å². The van der Waals surface area contributed by atoms with E-state index >= 15 is 0 Å². The third kappa shape index (κ3) is 2.84. The quantitative estimate of drug-likeness (QED) is 0.905. The van der Waals surface area contributed by atoms with E-state index in [9.17, 15) is 5.11 Å². The molecule has 0 spiro atoms. The minimum Gasteiger partial charge on any atom is -0.507 e. The molecule has 0 saturated carbocycles. The zero-order valence-electron chi connectivity index (χ0n) is 12.4. The van der Waals surface area contributed by atoms with E-state index in [4.69, 9.17) is 9.47 Å². The van der Waals surface area contributed by atoms with Crippen molar-refractivity contribution in [1.29, 1.82) is 0 Å². The topological polar surface area (TPSA) is 50.7 Å². The highest BCUT2D eigenvalue weighted by molar-refractivity contribution is 7.12. The SMILES string of the molecule is Cc1cc(C(C)NCc2cc3c(cc2O)OCO3)c(C)s1. The van der Waals surface area contributed by atoms with Crippen molar-refractivity contribution in [3.05, 3.63) is 39.1 Å². The van der Waals surface area contributed by atoms with Gasteiger partial charge in [0.1, 0.15) is 5.75 Å². The average molecular weight is 305 g/mol. The molecule has 1 aliphatic heterocycles. The second kappa shape index (κ2) is 5.58. The van der Waals surface area contributed by atoms with Crippen LogP contribution in [0.2, 0.25) is 0 Å². The van der Waals surface area contributed by atoms with E-state index < -0.39 is 0 Å². The second-order valence-electron chi connectivity index (χ2n) is 5.31. The smallest absolute Gasteiger partial charge is 0.231 e. The molecule has 1 unspecified atom stereocenters. The van der Waals surface area contributed by atoms with Gasteiger partial charge in [-0.15, -0.1) is 11.3 Å². The van der Waals surface area contributed by atoms with Gasteiger partial charge < -0.3 is 19.9 Å². The molecular formula is C16H19NO3S. The van der Waals surface area contributed by atoms with E-state index in [1.807, 2.05) is 17.4 Å². The molecule has 0 radical (unpaired) electrons. The van der Waals surface area contributed by atoms with Crippen LogP contribution in [0, 0.1) is 13.8 Å². The highest BCUT2D eigenvalue weighted by Crippen LogP contribution is 2.37. The lowest BCUT2D eigenvalue weighted by Crippen LogP contribution is -2.18. The molecule has 1 atom stereocenters. The number of phenolic OH excluding ortho intramolecular Hbond substituents is 1. The van der Waals surface area contributed by atoms with Crippen molar-refractivity contribution >= 4 is 11.3 Å². The number of thiophene rings is 1. The molecule has 0 amide bonds. The molecule has 0 fully saturated rings. The standard InChI is InChI=1S/C16H19NO3S/c1-9-4-13(11(3)21-9)10(2)17-7-12-5-15-16(6-14(12)18)20-8-19-15/h4-6,10,17-18H,7-8H2,1-3H3. The molecule has 5 heteroatoms. The first-order chi connectivity index (χ1) is 10.0. The maximum Gasteiger partial charge on any atom is 0.231 e. The fraction of sp³-hybridized carbons (Fsp3) is 0.375. The van der Waals surface area contributed by atoms with Crippen LogP contribution in [0.25, 0.3) is 0 Å². The second-order valence-corrected chi connectivity index (χ2v) is 6.77. The van der Waals surface area contributed by atoms with E-state index in [1.54, 1.807) is 6.07 Å². The number of fused-ring (bicyclic) bond motifs is 1. The summed E-state index contributed by atoms with van der Waals surface area (Å²) in [5.74, 6) is 1.53. The van der Waals surface area contributed by atoms with Gasteiger partial charge in [-0.25, -0.2) is 0 Å². The van der Waals surface area contributed by atoms with Gasteiger partial charge in [0.25, 0.3) is 0 Å². The largest absolute Gasteiger partial charge is 0.507 e. The number of ether oxygens (including phenoxy) is 2. The number of phenols is 1. The zero-order chi connectivity index (χ0) is 15.0. The molecule has 21 heavy (non-hydrogen) atoms. The van der Waals surface area contributed by atoms with Gasteiger partial charge in [-0.3, -0.25) is 0 Å². The van der Waals surface area contributed by atoms with Crippen molar-refractivity contribution in [2.24, 2.45) is 0 Å². The summed E-state index contributed by atoms with van der Waals surface area (Å²) in [7, 11) is 0. The summed E-state index contributed by atoms with van der Waals surface area (Å²) >= 11 is 1.81. The van der Waals surface area contributed by atoms with Gasteiger partial charge in [-0.1, -0.05) is 0 Å². The number of aryl methyl sites for hydroxylation is 2. The van der Waals surface area contributed by atoms with Gasteiger partial charge >= 0.3 is 0 Å². The first kappa shape index (κ1) is 14.2. The molecule has 1 aromatic carbocycles. The lowest BCUT2D eigenvalue weighted by Gasteiger charge is -2.15. The molecule has 0 saturated heterocycles. The number of aromatic hydroxyl groups is 1. The molecule has 0 aliphatic carbocycles. The summed E-state index contributed by atoms with van der Waals surface area (Å²) in [5, 5.41) is 13.5. The summed E-state index contributed by atoms with van der Waals surface area (Å²) in [5.41, 5.74) is 2.13. The van der Waals surface area contributed by atoms with Crippen LogP contribution in [0.4, 0.5) is 0 Å². The van der Waals surface area contributed by atoms with Gasteiger partial charge in [-0.05, 0) is 38.5 Å². The van der Waals surface area contributed by atoms with Crippen LogP contribution in [-0.2, 0) is 6.54 Å². The molecule has 112 valence electrons. The van der Waals surface area contributed by atoms with Crippen molar-refractivity contribution in [2.45, 2.75) is 33.4 Å². The Morgan fingerprint density at radius 3 is 2.62 bits per heavy atom. The molecule has 2 N–H and O–H groups in total. The Bertz CT molecular complexity index is 666. The fourth-order valence-corrected chi connectivity index (χ4v) is 3.59. The highest BCUT2D eigenvalue weighted by atomic mass is 32.1. The number of benzene rings is 1. The molecule has 4 nitrogen and oxygen atoms in total. The number of rotatable bonds is 4. The summed E-state index contributed by atoms with van der Waals surface area (Å²) in [6.45, 7) is 7.20. The Kier molecular flexibility index (Phi) is 3.78. The van der Waals surface area contributed by atoms with Crippen LogP contribution < -0.4 is 14.8 Å². The van der Waals surface area contributed by atoms with Crippen LogP contribution in [-0.4, -0.2) is 11.9 Å². The fourth-order valence-electron chi connectivity index (χ4n) is 2.57. The zero-order valence-corrected chi connectivity index (χ0v) is 13.2. The monoisotopic (exact) mass is 305 g/mol. The number of nitrogens with one attached hydrogen (secondary N) is 1. The van der Waals surface area contributed by atoms with Gasteiger partial charge in [-0.2, -0.15) is 0 Å². The van der Waals surface area contributed by atoms with Crippen molar-refractivity contribution in [1.82, 2.24) is 5.32 Å². The van der Waals surface area contributed by atoms with Crippen LogP contribution >= 0.6 is 11.3 Å². The summed E-state index contributed by atoms with van der Waals surface area (Å²) in [6, 6.07) is 5.91. The van der Waals surface area contributed by atoms with Crippen LogP contribution in [0.3, 0.4) is 0 Å². The first-order valence-electron chi connectivity index (χ1n) is 6.96. The Morgan fingerprint density at radius 1 is 1.24 bits per heavy atom. The minimum atomic E-state index is 0.218. The molecule has 1 aromatic heterocycles.